The first-order valence-electron chi connectivity index (χ1n) is 5.80. The van der Waals surface area contributed by atoms with Crippen molar-refractivity contribution in [2.24, 2.45) is 0 Å². The second-order valence-electron chi connectivity index (χ2n) is 4.21. The van der Waals surface area contributed by atoms with Gasteiger partial charge < -0.3 is 5.32 Å². The Morgan fingerprint density at radius 3 is 2.59 bits per heavy atom. The molecule has 0 unspecified atom stereocenters. The van der Waals surface area contributed by atoms with Crippen LogP contribution < -0.4 is 5.32 Å². The lowest BCUT2D eigenvalue weighted by atomic mass is 10.0. The maximum absolute atomic E-state index is 4.00. The number of hydrogen-bond acceptors (Lipinski definition) is 3. The smallest absolute Gasteiger partial charge is 0.115 e. The summed E-state index contributed by atoms with van der Waals surface area (Å²) in [7, 11) is 0. The number of rotatable bonds is 4. The third-order valence-corrected chi connectivity index (χ3v) is 2.88. The van der Waals surface area contributed by atoms with Crippen molar-refractivity contribution in [3.63, 3.8) is 0 Å². The molecule has 1 heterocycles. The van der Waals surface area contributed by atoms with Crippen LogP contribution in [0.2, 0.25) is 0 Å². The van der Waals surface area contributed by atoms with Gasteiger partial charge >= 0.3 is 0 Å². The second-order valence-corrected chi connectivity index (χ2v) is 4.21. The quantitative estimate of drug-likeness (QED) is 0.872. The number of nitrogens with zero attached hydrogens (tertiary/aromatic N) is 2. The summed E-state index contributed by atoms with van der Waals surface area (Å²) >= 11 is 0. The second kappa shape index (κ2) is 5.55. The lowest BCUT2D eigenvalue weighted by Crippen LogP contribution is -2.19. The Labute approximate surface area is 102 Å². The van der Waals surface area contributed by atoms with Crippen LogP contribution in [-0.4, -0.2) is 9.97 Å². The zero-order valence-corrected chi connectivity index (χ0v) is 10.2. The van der Waals surface area contributed by atoms with E-state index in [2.05, 4.69) is 53.4 Å². The fourth-order valence-corrected chi connectivity index (χ4v) is 1.87. The molecule has 1 atom stereocenters. The number of aromatic nitrogens is 2. The van der Waals surface area contributed by atoms with Crippen molar-refractivity contribution >= 4 is 0 Å². The van der Waals surface area contributed by atoms with Gasteiger partial charge in [0.25, 0.3) is 0 Å². The third-order valence-electron chi connectivity index (χ3n) is 2.88. The highest BCUT2D eigenvalue weighted by atomic mass is 14.9. The average Bonchev–Trinajstić information content (AvgIpc) is 2.38. The Hall–Kier alpha value is -1.74. The molecule has 0 bridgehead atoms. The number of aryl methyl sites for hydroxylation is 1. The minimum absolute atomic E-state index is 0.330. The van der Waals surface area contributed by atoms with Crippen LogP contribution in [-0.2, 0) is 6.54 Å². The summed E-state index contributed by atoms with van der Waals surface area (Å²) in [5.74, 6) is 0. The first-order valence-corrected chi connectivity index (χ1v) is 5.80. The predicted molar refractivity (Wildman–Crippen MR) is 68.5 cm³/mol. The lowest BCUT2D eigenvalue weighted by Gasteiger charge is -2.16. The molecular weight excluding hydrogens is 210 g/mol. The van der Waals surface area contributed by atoms with Crippen LogP contribution >= 0.6 is 0 Å². The van der Waals surface area contributed by atoms with Gasteiger partial charge in [-0.1, -0.05) is 24.3 Å². The van der Waals surface area contributed by atoms with Gasteiger partial charge in [0.15, 0.2) is 0 Å². The first kappa shape index (κ1) is 11.7. The standard InChI is InChI=1S/C14H17N3/c1-11-5-3-4-6-14(11)12(2)17-9-13-7-15-10-16-8-13/h3-8,10,12,17H,9H2,1-2H3/t12-/m1/s1. The summed E-state index contributed by atoms with van der Waals surface area (Å²) in [5.41, 5.74) is 3.76. The molecular formula is C14H17N3. The van der Waals surface area contributed by atoms with E-state index in [4.69, 9.17) is 0 Å². The van der Waals surface area contributed by atoms with Crippen LogP contribution in [0.3, 0.4) is 0 Å². The average molecular weight is 227 g/mol. The van der Waals surface area contributed by atoms with Crippen molar-refractivity contribution in [2.45, 2.75) is 26.4 Å². The normalized spacial score (nSPS) is 12.4. The van der Waals surface area contributed by atoms with Crippen molar-refractivity contribution in [3.05, 3.63) is 59.7 Å². The molecule has 1 aromatic carbocycles. The zero-order valence-electron chi connectivity index (χ0n) is 10.2. The maximum Gasteiger partial charge on any atom is 0.115 e. The van der Waals surface area contributed by atoms with E-state index in [0.29, 0.717) is 6.04 Å². The molecule has 3 heteroatoms. The molecule has 1 aromatic heterocycles. The van der Waals surface area contributed by atoms with E-state index in [-0.39, 0.29) is 0 Å². The lowest BCUT2D eigenvalue weighted by molar-refractivity contribution is 0.570. The highest BCUT2D eigenvalue weighted by molar-refractivity contribution is 5.28. The summed E-state index contributed by atoms with van der Waals surface area (Å²) in [6, 6.07) is 8.77. The molecule has 0 amide bonds. The molecule has 0 radical (unpaired) electrons. The minimum atomic E-state index is 0.330. The summed E-state index contributed by atoms with van der Waals surface area (Å²) in [6.07, 6.45) is 5.23. The highest BCUT2D eigenvalue weighted by Crippen LogP contribution is 2.16. The van der Waals surface area contributed by atoms with Gasteiger partial charge in [-0.25, -0.2) is 9.97 Å². The summed E-state index contributed by atoms with van der Waals surface area (Å²) < 4.78 is 0. The maximum atomic E-state index is 4.00. The van der Waals surface area contributed by atoms with Crippen molar-refractivity contribution < 1.29 is 0 Å². The largest absolute Gasteiger partial charge is 0.306 e. The fourth-order valence-electron chi connectivity index (χ4n) is 1.87. The number of benzene rings is 1. The summed E-state index contributed by atoms with van der Waals surface area (Å²) in [6.45, 7) is 5.10. The molecule has 0 spiro atoms. The van der Waals surface area contributed by atoms with Crippen LogP contribution in [0, 0.1) is 6.92 Å². The van der Waals surface area contributed by atoms with Crippen LogP contribution in [0.4, 0.5) is 0 Å². The molecule has 0 aliphatic heterocycles. The van der Waals surface area contributed by atoms with Crippen LogP contribution in [0.15, 0.2) is 43.0 Å². The van der Waals surface area contributed by atoms with Crippen molar-refractivity contribution in [1.82, 2.24) is 15.3 Å². The van der Waals surface area contributed by atoms with E-state index in [1.807, 2.05) is 12.4 Å². The SMILES string of the molecule is Cc1ccccc1[C@@H](C)NCc1cncnc1. The van der Waals surface area contributed by atoms with Crippen molar-refractivity contribution in [3.8, 4) is 0 Å². The predicted octanol–water partition coefficient (Wildman–Crippen LogP) is 2.64. The molecule has 2 aromatic rings. The Morgan fingerprint density at radius 2 is 1.88 bits per heavy atom. The van der Waals surface area contributed by atoms with E-state index in [1.165, 1.54) is 11.1 Å². The van der Waals surface area contributed by atoms with E-state index < -0.39 is 0 Å². The molecule has 17 heavy (non-hydrogen) atoms. The van der Waals surface area contributed by atoms with Crippen LogP contribution in [0.1, 0.15) is 29.7 Å². The van der Waals surface area contributed by atoms with Crippen LogP contribution in [0.25, 0.3) is 0 Å². The van der Waals surface area contributed by atoms with Gasteiger partial charge in [-0.05, 0) is 25.0 Å². The molecule has 0 aliphatic carbocycles. The van der Waals surface area contributed by atoms with Crippen molar-refractivity contribution in [2.75, 3.05) is 0 Å². The number of hydrogen-bond donors (Lipinski definition) is 1. The molecule has 0 saturated carbocycles. The summed E-state index contributed by atoms with van der Waals surface area (Å²) in [5, 5.41) is 3.48. The van der Waals surface area contributed by atoms with Gasteiger partial charge in [-0.15, -0.1) is 0 Å². The van der Waals surface area contributed by atoms with Crippen LogP contribution in [0.5, 0.6) is 0 Å². The van der Waals surface area contributed by atoms with Gasteiger partial charge in [-0.3, -0.25) is 0 Å². The Balaban J connectivity index is 1.99. The molecule has 0 saturated heterocycles. The van der Waals surface area contributed by atoms with E-state index in [1.54, 1.807) is 6.33 Å². The Morgan fingerprint density at radius 1 is 1.18 bits per heavy atom. The first-order chi connectivity index (χ1) is 8.27. The van der Waals surface area contributed by atoms with E-state index in [9.17, 15) is 0 Å². The van der Waals surface area contributed by atoms with Crippen molar-refractivity contribution in [1.29, 1.82) is 0 Å². The fraction of sp³-hybridized carbons (Fsp3) is 0.286. The van der Waals surface area contributed by atoms with Gasteiger partial charge in [0.05, 0.1) is 0 Å². The molecule has 1 N–H and O–H groups in total. The minimum Gasteiger partial charge on any atom is -0.306 e. The highest BCUT2D eigenvalue weighted by Gasteiger charge is 2.06. The molecule has 0 fully saturated rings. The van der Waals surface area contributed by atoms with Gasteiger partial charge in [-0.2, -0.15) is 0 Å². The molecule has 0 aliphatic rings. The van der Waals surface area contributed by atoms with E-state index in [0.717, 1.165) is 12.1 Å². The monoisotopic (exact) mass is 227 g/mol. The molecule has 88 valence electrons. The summed E-state index contributed by atoms with van der Waals surface area (Å²) in [4.78, 5) is 8.00. The zero-order chi connectivity index (χ0) is 12.1. The van der Waals surface area contributed by atoms with Gasteiger partial charge in [0, 0.05) is 30.5 Å². The van der Waals surface area contributed by atoms with Gasteiger partial charge in [0.2, 0.25) is 0 Å². The van der Waals surface area contributed by atoms with Gasteiger partial charge in [0.1, 0.15) is 6.33 Å². The Bertz CT molecular complexity index is 468. The topological polar surface area (TPSA) is 37.8 Å². The third kappa shape index (κ3) is 3.11. The Kier molecular flexibility index (Phi) is 3.83. The molecule has 3 nitrogen and oxygen atoms in total. The van der Waals surface area contributed by atoms with E-state index >= 15 is 0 Å². The number of nitrogens with one attached hydrogen (secondary N) is 1. The molecule has 2 rings (SSSR count).